The standard InChI is InChI=1S/C18H23F2NO3/c1-4-24-16(23)8-7-15(22)21-11-18(10-17(18,2)3)13-6-5-12(19)9-14(13)20/h5-6,9H,4,7-8,10-11H2,1-3H3,(H,21,22). The Hall–Kier alpha value is -1.98. The molecule has 1 aliphatic carbocycles. The first kappa shape index (κ1) is 18.4. The van der Waals surface area contributed by atoms with Gasteiger partial charge in [0, 0.05) is 24.4 Å². The first-order valence-electron chi connectivity index (χ1n) is 8.10. The summed E-state index contributed by atoms with van der Waals surface area (Å²) in [5.74, 6) is -1.92. The highest BCUT2D eigenvalue weighted by Crippen LogP contribution is 2.64. The number of benzene rings is 1. The molecule has 2 rings (SSSR count). The van der Waals surface area contributed by atoms with Crippen LogP contribution in [0, 0.1) is 17.0 Å². The molecule has 0 heterocycles. The van der Waals surface area contributed by atoms with E-state index >= 15 is 0 Å². The number of carbonyl (C=O) groups excluding carboxylic acids is 2. The zero-order chi connectivity index (χ0) is 18.0. The van der Waals surface area contributed by atoms with Crippen molar-refractivity contribution in [1.82, 2.24) is 5.32 Å². The zero-order valence-corrected chi connectivity index (χ0v) is 14.2. The molecule has 1 atom stereocenters. The molecule has 4 nitrogen and oxygen atoms in total. The normalized spacial score (nSPS) is 21.2. The van der Waals surface area contributed by atoms with Crippen molar-refractivity contribution in [2.45, 2.75) is 45.4 Å². The van der Waals surface area contributed by atoms with Crippen molar-refractivity contribution in [3.05, 3.63) is 35.4 Å². The molecule has 0 radical (unpaired) electrons. The summed E-state index contributed by atoms with van der Waals surface area (Å²) in [5, 5.41) is 2.77. The smallest absolute Gasteiger partial charge is 0.306 e. The zero-order valence-electron chi connectivity index (χ0n) is 14.2. The topological polar surface area (TPSA) is 55.4 Å². The average Bonchev–Trinajstić information content (AvgIpc) is 3.05. The van der Waals surface area contributed by atoms with Gasteiger partial charge in [-0.1, -0.05) is 19.9 Å². The highest BCUT2D eigenvalue weighted by atomic mass is 19.1. The van der Waals surface area contributed by atoms with Crippen LogP contribution in [0.4, 0.5) is 8.78 Å². The number of esters is 1. The number of hydrogen-bond donors (Lipinski definition) is 1. The minimum absolute atomic E-state index is 0.0149. The maximum Gasteiger partial charge on any atom is 0.306 e. The van der Waals surface area contributed by atoms with E-state index in [1.165, 1.54) is 12.1 Å². The Bertz CT molecular complexity index is 645. The molecule has 0 spiro atoms. The van der Waals surface area contributed by atoms with Crippen LogP contribution in [0.5, 0.6) is 0 Å². The fourth-order valence-electron chi connectivity index (χ4n) is 3.23. The maximum atomic E-state index is 14.2. The van der Waals surface area contributed by atoms with Gasteiger partial charge in [0.2, 0.25) is 5.91 Å². The Morgan fingerprint density at radius 2 is 1.92 bits per heavy atom. The summed E-state index contributed by atoms with van der Waals surface area (Å²) >= 11 is 0. The van der Waals surface area contributed by atoms with E-state index in [1.54, 1.807) is 6.92 Å². The van der Waals surface area contributed by atoms with E-state index in [0.29, 0.717) is 12.0 Å². The van der Waals surface area contributed by atoms with Crippen LogP contribution in [-0.2, 0) is 19.7 Å². The molecule has 1 aromatic carbocycles. The number of rotatable bonds is 7. The van der Waals surface area contributed by atoms with E-state index < -0.39 is 23.0 Å². The molecular weight excluding hydrogens is 316 g/mol. The van der Waals surface area contributed by atoms with Crippen molar-refractivity contribution in [3.8, 4) is 0 Å². The van der Waals surface area contributed by atoms with Crippen molar-refractivity contribution in [2.24, 2.45) is 5.41 Å². The summed E-state index contributed by atoms with van der Waals surface area (Å²) in [6, 6.07) is 3.55. The largest absolute Gasteiger partial charge is 0.466 e. The minimum Gasteiger partial charge on any atom is -0.466 e. The van der Waals surface area contributed by atoms with Crippen LogP contribution in [0.1, 0.15) is 45.6 Å². The third-order valence-corrected chi connectivity index (χ3v) is 4.81. The third-order valence-electron chi connectivity index (χ3n) is 4.81. The molecule has 1 unspecified atom stereocenters. The lowest BCUT2D eigenvalue weighted by Gasteiger charge is -2.22. The SMILES string of the molecule is CCOC(=O)CCC(=O)NCC1(c2ccc(F)cc2F)CC1(C)C. The van der Waals surface area contributed by atoms with E-state index in [4.69, 9.17) is 4.74 Å². The van der Waals surface area contributed by atoms with Gasteiger partial charge in [0.1, 0.15) is 11.6 Å². The van der Waals surface area contributed by atoms with Crippen LogP contribution < -0.4 is 5.32 Å². The highest BCUT2D eigenvalue weighted by Gasteiger charge is 2.62. The number of hydrogen-bond acceptors (Lipinski definition) is 3. The fourth-order valence-corrected chi connectivity index (χ4v) is 3.23. The molecule has 1 saturated carbocycles. The monoisotopic (exact) mass is 339 g/mol. The van der Waals surface area contributed by atoms with Crippen molar-refractivity contribution in [1.29, 1.82) is 0 Å². The summed E-state index contributed by atoms with van der Waals surface area (Å²) < 4.78 is 32.1. The molecule has 24 heavy (non-hydrogen) atoms. The lowest BCUT2D eigenvalue weighted by atomic mass is 9.87. The Morgan fingerprint density at radius 3 is 2.46 bits per heavy atom. The molecule has 1 fully saturated rings. The Labute approximate surface area is 140 Å². The predicted molar refractivity (Wildman–Crippen MR) is 85.3 cm³/mol. The van der Waals surface area contributed by atoms with Gasteiger partial charge in [0.05, 0.1) is 13.0 Å². The number of halogens is 2. The van der Waals surface area contributed by atoms with Crippen LogP contribution in [-0.4, -0.2) is 25.0 Å². The molecular formula is C18H23F2NO3. The first-order chi connectivity index (χ1) is 11.2. The quantitative estimate of drug-likeness (QED) is 0.777. The van der Waals surface area contributed by atoms with Crippen molar-refractivity contribution in [2.75, 3.05) is 13.2 Å². The molecule has 1 N–H and O–H groups in total. The van der Waals surface area contributed by atoms with Crippen LogP contribution in [0.15, 0.2) is 18.2 Å². The number of ether oxygens (including phenoxy) is 1. The van der Waals surface area contributed by atoms with Gasteiger partial charge < -0.3 is 10.1 Å². The van der Waals surface area contributed by atoms with Gasteiger partial charge in [0.25, 0.3) is 0 Å². The molecule has 0 saturated heterocycles. The van der Waals surface area contributed by atoms with Crippen LogP contribution >= 0.6 is 0 Å². The van der Waals surface area contributed by atoms with Gasteiger partial charge in [-0.25, -0.2) is 8.78 Å². The average molecular weight is 339 g/mol. The summed E-state index contributed by atoms with van der Waals surface area (Å²) in [6.07, 6.45) is 0.739. The maximum absolute atomic E-state index is 14.2. The number of amides is 1. The fraction of sp³-hybridized carbons (Fsp3) is 0.556. The number of carbonyl (C=O) groups is 2. The second-order valence-electron chi connectivity index (χ2n) is 6.85. The summed E-state index contributed by atoms with van der Waals surface area (Å²) in [4.78, 5) is 23.2. The van der Waals surface area contributed by atoms with E-state index in [2.05, 4.69) is 5.32 Å². The molecule has 132 valence electrons. The lowest BCUT2D eigenvalue weighted by molar-refractivity contribution is -0.144. The van der Waals surface area contributed by atoms with Crippen molar-refractivity contribution < 1.29 is 23.1 Å². The molecule has 0 aliphatic heterocycles. The molecule has 1 aromatic rings. The summed E-state index contributed by atoms with van der Waals surface area (Å²) in [5.41, 5.74) is -0.329. The number of nitrogens with one attached hydrogen (secondary N) is 1. The lowest BCUT2D eigenvalue weighted by Crippen LogP contribution is -2.35. The van der Waals surface area contributed by atoms with Gasteiger partial charge in [0.15, 0.2) is 0 Å². The van der Waals surface area contributed by atoms with Crippen molar-refractivity contribution >= 4 is 11.9 Å². The molecule has 0 bridgehead atoms. The van der Waals surface area contributed by atoms with Gasteiger partial charge >= 0.3 is 5.97 Å². The van der Waals surface area contributed by atoms with E-state index in [0.717, 1.165) is 6.07 Å². The highest BCUT2D eigenvalue weighted by molar-refractivity contribution is 5.81. The van der Waals surface area contributed by atoms with Gasteiger partial charge in [-0.05, 0) is 30.4 Å². The first-order valence-corrected chi connectivity index (χ1v) is 8.10. The summed E-state index contributed by atoms with van der Waals surface area (Å²) in [6.45, 7) is 6.21. The Balaban J connectivity index is 2.00. The third kappa shape index (κ3) is 3.74. The van der Waals surface area contributed by atoms with Gasteiger partial charge in [-0.2, -0.15) is 0 Å². The van der Waals surface area contributed by atoms with Crippen molar-refractivity contribution in [3.63, 3.8) is 0 Å². The van der Waals surface area contributed by atoms with Crippen LogP contribution in [0.2, 0.25) is 0 Å². The van der Waals surface area contributed by atoms with Crippen LogP contribution in [0.25, 0.3) is 0 Å². The van der Waals surface area contributed by atoms with Gasteiger partial charge in [-0.15, -0.1) is 0 Å². The van der Waals surface area contributed by atoms with Crippen LogP contribution in [0.3, 0.4) is 0 Å². The molecule has 0 aromatic heterocycles. The minimum atomic E-state index is -0.622. The van der Waals surface area contributed by atoms with E-state index in [-0.39, 0.29) is 37.3 Å². The Morgan fingerprint density at radius 1 is 1.25 bits per heavy atom. The second kappa shape index (κ2) is 6.87. The predicted octanol–water partition coefficient (Wildman–Crippen LogP) is 3.09. The van der Waals surface area contributed by atoms with E-state index in [9.17, 15) is 18.4 Å². The molecule has 1 amide bonds. The van der Waals surface area contributed by atoms with E-state index in [1.807, 2.05) is 13.8 Å². The molecule has 1 aliphatic rings. The second-order valence-corrected chi connectivity index (χ2v) is 6.85. The molecule has 6 heteroatoms. The Kier molecular flexibility index (Phi) is 5.26. The van der Waals surface area contributed by atoms with Gasteiger partial charge in [-0.3, -0.25) is 9.59 Å². The summed E-state index contributed by atoms with van der Waals surface area (Å²) in [7, 11) is 0.